The molecule has 0 atom stereocenters. The Morgan fingerprint density at radius 3 is 1.53 bits per heavy atom. The Morgan fingerprint density at radius 1 is 0.622 bits per heavy atom. The number of hydrogen-bond acceptors (Lipinski definition) is 12. The van der Waals surface area contributed by atoms with Gasteiger partial charge in [0, 0.05) is 35.9 Å². The number of pyridine rings is 2. The molecule has 14 heteroatoms. The van der Waals surface area contributed by atoms with Crippen LogP contribution in [-0.4, -0.2) is 63.8 Å². The summed E-state index contributed by atoms with van der Waals surface area (Å²) in [5, 5.41) is 28.9. The second-order valence-corrected chi connectivity index (χ2v) is 11.9. The Balaban J connectivity index is 1.15. The van der Waals surface area contributed by atoms with Crippen LogP contribution in [0, 0.1) is 0 Å². The molecule has 0 spiro atoms. The highest BCUT2D eigenvalue weighted by Gasteiger charge is 2.21. The van der Waals surface area contributed by atoms with Gasteiger partial charge >= 0.3 is 0 Å². The van der Waals surface area contributed by atoms with Gasteiger partial charge in [0.2, 0.25) is 9.92 Å². The van der Waals surface area contributed by atoms with Crippen molar-refractivity contribution in [2.24, 2.45) is 0 Å². The number of benzene rings is 2. The molecule has 8 rings (SSSR count). The van der Waals surface area contributed by atoms with Crippen molar-refractivity contribution in [3.63, 3.8) is 0 Å². The molecular formula is C31H22N10O2S2. The lowest BCUT2D eigenvalue weighted by Gasteiger charge is -2.11. The molecule has 8 aromatic rings. The first-order valence-corrected chi connectivity index (χ1v) is 15.4. The molecule has 0 saturated heterocycles. The predicted molar refractivity (Wildman–Crippen MR) is 171 cm³/mol. The fourth-order valence-corrected chi connectivity index (χ4v) is 6.76. The molecule has 0 bridgehead atoms. The summed E-state index contributed by atoms with van der Waals surface area (Å²) >= 11 is 2.91. The summed E-state index contributed by atoms with van der Waals surface area (Å²) in [6.45, 7) is 0. The van der Waals surface area contributed by atoms with Crippen LogP contribution >= 0.6 is 22.7 Å². The molecule has 0 N–H and O–H groups in total. The first-order valence-electron chi connectivity index (χ1n) is 13.8. The van der Waals surface area contributed by atoms with E-state index in [0.717, 1.165) is 43.4 Å². The van der Waals surface area contributed by atoms with Gasteiger partial charge < -0.3 is 9.47 Å². The smallest absolute Gasteiger partial charge is 0.235 e. The van der Waals surface area contributed by atoms with Gasteiger partial charge in [-0.2, -0.15) is 19.2 Å². The zero-order valence-corrected chi connectivity index (χ0v) is 25.5. The molecule has 0 aliphatic carbocycles. The summed E-state index contributed by atoms with van der Waals surface area (Å²) in [4.78, 5) is 9.80. The van der Waals surface area contributed by atoms with Gasteiger partial charge in [0.25, 0.3) is 0 Å². The molecule has 2 aromatic carbocycles. The molecule has 0 aliphatic heterocycles. The Bertz CT molecular complexity index is 2130. The van der Waals surface area contributed by atoms with Gasteiger partial charge in [-0.25, -0.2) is 0 Å². The van der Waals surface area contributed by atoms with Crippen molar-refractivity contribution in [2.75, 3.05) is 14.2 Å². The normalized spacial score (nSPS) is 11.4. The highest BCUT2D eigenvalue weighted by molar-refractivity contribution is 7.20. The molecule has 0 saturated carbocycles. The van der Waals surface area contributed by atoms with Crippen molar-refractivity contribution < 1.29 is 9.47 Å². The largest absolute Gasteiger partial charge is 0.496 e. The fourth-order valence-electron chi connectivity index (χ4n) is 5.10. The molecule has 220 valence electrons. The topological polar surface area (TPSA) is 130 Å². The van der Waals surface area contributed by atoms with E-state index in [-0.39, 0.29) is 0 Å². The van der Waals surface area contributed by atoms with Crippen LogP contribution in [0.4, 0.5) is 0 Å². The summed E-state index contributed by atoms with van der Waals surface area (Å²) < 4.78 is 15.0. The number of nitrogens with zero attached hydrogens (tertiary/aromatic N) is 10. The van der Waals surface area contributed by atoms with Crippen LogP contribution in [0.3, 0.4) is 0 Å². The Kier molecular flexibility index (Phi) is 6.69. The summed E-state index contributed by atoms with van der Waals surface area (Å²) in [5.41, 5.74) is 5.55. The van der Waals surface area contributed by atoms with Crippen LogP contribution in [0.5, 0.6) is 11.5 Å². The van der Waals surface area contributed by atoms with E-state index in [9.17, 15) is 0 Å². The summed E-state index contributed by atoms with van der Waals surface area (Å²) in [5.74, 6) is 2.56. The number of aromatic nitrogens is 10. The zero-order chi connectivity index (χ0) is 30.3. The Morgan fingerprint density at radius 2 is 1.11 bits per heavy atom. The van der Waals surface area contributed by atoms with Gasteiger partial charge in [-0.1, -0.05) is 34.8 Å². The van der Waals surface area contributed by atoms with Crippen LogP contribution in [0.25, 0.3) is 53.8 Å². The van der Waals surface area contributed by atoms with Gasteiger partial charge in [-0.05, 0) is 66.1 Å². The maximum Gasteiger partial charge on any atom is 0.235 e. The van der Waals surface area contributed by atoms with Crippen molar-refractivity contribution in [2.45, 2.75) is 6.42 Å². The molecule has 6 aromatic heterocycles. The van der Waals surface area contributed by atoms with Crippen LogP contribution < -0.4 is 9.47 Å². The lowest BCUT2D eigenvalue weighted by molar-refractivity contribution is 0.416. The monoisotopic (exact) mass is 630 g/mol. The molecule has 0 amide bonds. The summed E-state index contributed by atoms with van der Waals surface area (Å²) in [7, 11) is 3.29. The van der Waals surface area contributed by atoms with E-state index in [1.165, 1.54) is 22.7 Å². The van der Waals surface area contributed by atoms with E-state index < -0.39 is 0 Å². The first kappa shape index (κ1) is 27.0. The average molecular weight is 631 g/mol. The minimum atomic E-state index is 0.601. The van der Waals surface area contributed by atoms with Crippen LogP contribution in [0.1, 0.15) is 11.1 Å². The third kappa shape index (κ3) is 4.85. The number of ether oxygens (including phenoxy) is 2. The summed E-state index contributed by atoms with van der Waals surface area (Å²) in [6.07, 6.45) is 7.68. The molecule has 0 unspecified atom stereocenters. The summed E-state index contributed by atoms with van der Waals surface area (Å²) in [6, 6.07) is 19.8. The second kappa shape index (κ2) is 11.2. The average Bonchev–Trinajstić information content (AvgIpc) is 3.87. The third-order valence-electron chi connectivity index (χ3n) is 7.22. The van der Waals surface area contributed by atoms with Gasteiger partial charge in [0.15, 0.2) is 11.6 Å². The first-order chi connectivity index (χ1) is 22.2. The Hall–Kier alpha value is -5.60. The molecule has 6 heterocycles. The predicted octanol–water partition coefficient (Wildman–Crippen LogP) is 5.75. The Labute approximate surface area is 263 Å². The minimum absolute atomic E-state index is 0.601. The highest BCUT2D eigenvalue weighted by Crippen LogP contribution is 2.36. The maximum absolute atomic E-state index is 5.73. The molecule has 0 aliphatic rings. The third-order valence-corrected chi connectivity index (χ3v) is 9.11. The lowest BCUT2D eigenvalue weighted by atomic mass is 9.99. The van der Waals surface area contributed by atoms with Crippen molar-refractivity contribution >= 4 is 32.6 Å². The van der Waals surface area contributed by atoms with Crippen molar-refractivity contribution in [1.29, 1.82) is 0 Å². The maximum atomic E-state index is 5.73. The van der Waals surface area contributed by atoms with E-state index in [1.807, 2.05) is 48.5 Å². The highest BCUT2D eigenvalue weighted by atomic mass is 32.1. The fraction of sp³-hybridized carbons (Fsp3) is 0.0968. The van der Waals surface area contributed by atoms with Crippen LogP contribution in [0.2, 0.25) is 0 Å². The quantitative estimate of drug-likeness (QED) is 0.205. The van der Waals surface area contributed by atoms with E-state index in [0.29, 0.717) is 39.5 Å². The molecule has 0 fully saturated rings. The molecule has 12 nitrogen and oxygen atoms in total. The van der Waals surface area contributed by atoms with Crippen LogP contribution in [0.15, 0.2) is 85.5 Å². The van der Waals surface area contributed by atoms with E-state index in [1.54, 1.807) is 48.0 Å². The molecular weight excluding hydrogens is 609 g/mol. The minimum Gasteiger partial charge on any atom is -0.496 e. The number of fused-ring (bicyclic) bond motifs is 2. The van der Waals surface area contributed by atoms with Gasteiger partial charge in [-0.15, -0.1) is 20.4 Å². The van der Waals surface area contributed by atoms with Crippen molar-refractivity contribution in [3.05, 3.63) is 96.6 Å². The van der Waals surface area contributed by atoms with Crippen molar-refractivity contribution in [3.8, 4) is 55.4 Å². The van der Waals surface area contributed by atoms with E-state index >= 15 is 0 Å². The standard InChI is InChI=1S/C31H22N10O2S2/c1-42-24-9-7-18(14-22(24)26-34-36-30-40(26)38-28(44-30)20-5-3-11-32-16-20)13-19-8-10-25(43-2)23(15-19)27-35-37-31-41(27)39-29(45-31)21-6-4-12-33-17-21/h3-12,14-17H,13H2,1-2H3. The second-order valence-electron chi connectivity index (χ2n) is 9.98. The number of methoxy groups -OCH3 is 2. The van der Waals surface area contributed by atoms with Gasteiger partial charge in [0.05, 0.1) is 25.3 Å². The van der Waals surface area contributed by atoms with Gasteiger partial charge in [0.1, 0.15) is 21.5 Å². The van der Waals surface area contributed by atoms with Gasteiger partial charge in [-0.3, -0.25) is 9.97 Å². The number of hydrogen-bond donors (Lipinski definition) is 0. The number of rotatable bonds is 8. The van der Waals surface area contributed by atoms with E-state index in [2.05, 4.69) is 42.5 Å². The van der Waals surface area contributed by atoms with E-state index in [4.69, 9.17) is 19.7 Å². The molecule has 0 radical (unpaired) electrons. The van der Waals surface area contributed by atoms with Crippen LogP contribution in [-0.2, 0) is 6.42 Å². The lowest BCUT2D eigenvalue weighted by Crippen LogP contribution is -1.99. The molecule has 45 heavy (non-hydrogen) atoms. The van der Waals surface area contributed by atoms with Crippen molar-refractivity contribution in [1.82, 2.24) is 49.6 Å². The SMILES string of the molecule is COc1ccc(Cc2ccc(OC)c(-c3nnc4sc(-c5cccnc5)nn34)c2)cc1-c1nnc2sc(-c3cccnc3)nn12. The zero-order valence-electron chi connectivity index (χ0n) is 23.9.